The average molecular weight is 416 g/mol. The topological polar surface area (TPSA) is 110 Å². The Morgan fingerprint density at radius 3 is 2.85 bits per heavy atom. The lowest BCUT2D eigenvalue weighted by Gasteiger charge is -2.12. The van der Waals surface area contributed by atoms with E-state index in [1.165, 1.54) is 4.52 Å². The van der Waals surface area contributed by atoms with Crippen molar-refractivity contribution < 1.29 is 9.90 Å². The summed E-state index contributed by atoms with van der Waals surface area (Å²) in [5.74, 6) is -0.199. The third-order valence-corrected chi connectivity index (χ3v) is 4.57. The summed E-state index contributed by atoms with van der Waals surface area (Å²) in [6.07, 6.45) is 3.49. The lowest BCUT2D eigenvalue weighted by molar-refractivity contribution is -0.137. The molecule has 0 aliphatic rings. The summed E-state index contributed by atoms with van der Waals surface area (Å²) < 4.78 is 3.98. The highest BCUT2D eigenvalue weighted by molar-refractivity contribution is 9.10. The number of nitrogens with zero attached hydrogens (tertiary/aromatic N) is 6. The number of carboxylic acid groups (broad SMARTS) is 1. The molecule has 26 heavy (non-hydrogen) atoms. The number of aromatic nitrogens is 6. The van der Waals surface area contributed by atoms with Crippen molar-refractivity contribution in [3.05, 3.63) is 35.1 Å². The molecule has 0 saturated heterocycles. The number of nitrogens with one attached hydrogen (secondary N) is 1. The Kier molecular flexibility index (Phi) is 3.83. The number of hydrogen-bond acceptors (Lipinski definition) is 6. The monoisotopic (exact) mass is 415 g/mol. The van der Waals surface area contributed by atoms with Crippen molar-refractivity contribution in [2.75, 3.05) is 5.32 Å². The van der Waals surface area contributed by atoms with E-state index in [-0.39, 0.29) is 0 Å². The fourth-order valence-corrected chi connectivity index (χ4v) is 3.06. The molecule has 0 amide bonds. The Balaban J connectivity index is 1.99. The highest BCUT2D eigenvalue weighted by Gasteiger charge is 2.19. The fourth-order valence-electron chi connectivity index (χ4n) is 2.60. The third kappa shape index (κ3) is 2.68. The zero-order valence-electron chi connectivity index (χ0n) is 13.9. The van der Waals surface area contributed by atoms with Crippen molar-refractivity contribution in [1.29, 1.82) is 0 Å². The van der Waals surface area contributed by atoms with Crippen molar-refractivity contribution in [2.24, 2.45) is 7.05 Å². The number of aliphatic carboxylic acids is 1. The zero-order valence-corrected chi connectivity index (χ0v) is 15.5. The molecule has 10 heteroatoms. The number of hydrogen-bond donors (Lipinski definition) is 2. The third-order valence-electron chi connectivity index (χ3n) is 3.93. The van der Waals surface area contributed by atoms with E-state index < -0.39 is 12.0 Å². The fraction of sp³-hybridized carbons (Fsp3) is 0.188. The maximum absolute atomic E-state index is 11.2. The van der Waals surface area contributed by atoms with Gasteiger partial charge >= 0.3 is 5.97 Å². The molecule has 2 N–H and O–H groups in total. The number of aryl methyl sites for hydroxylation is 1. The summed E-state index contributed by atoms with van der Waals surface area (Å²) in [6, 6.07) is 4.82. The molecule has 3 aromatic heterocycles. The van der Waals surface area contributed by atoms with Crippen molar-refractivity contribution in [1.82, 2.24) is 29.4 Å². The molecular formula is C16H14BrN7O2. The van der Waals surface area contributed by atoms with Crippen LogP contribution in [0.2, 0.25) is 0 Å². The van der Waals surface area contributed by atoms with Gasteiger partial charge in [-0.3, -0.25) is 9.48 Å². The number of carbonyl (C=O) groups is 1. The molecule has 1 aromatic carbocycles. The van der Waals surface area contributed by atoms with Crippen LogP contribution in [-0.4, -0.2) is 46.5 Å². The van der Waals surface area contributed by atoms with E-state index in [4.69, 9.17) is 0 Å². The Labute approximate surface area is 155 Å². The van der Waals surface area contributed by atoms with Crippen LogP contribution >= 0.6 is 15.9 Å². The SMILES string of the molecule is C[C@@H](Nc1nc2c(Br)cccc2c2nc(-c3cnn(C)c3)nn12)C(=O)O. The van der Waals surface area contributed by atoms with E-state index in [1.807, 2.05) is 31.4 Å². The molecule has 132 valence electrons. The van der Waals surface area contributed by atoms with Gasteiger partial charge in [-0.05, 0) is 35.0 Å². The summed E-state index contributed by atoms with van der Waals surface area (Å²) in [7, 11) is 1.81. The smallest absolute Gasteiger partial charge is 0.325 e. The number of anilines is 1. The van der Waals surface area contributed by atoms with Crippen LogP contribution in [-0.2, 0) is 11.8 Å². The first-order chi connectivity index (χ1) is 12.4. The van der Waals surface area contributed by atoms with Gasteiger partial charge in [-0.2, -0.15) is 9.61 Å². The Morgan fingerprint density at radius 2 is 2.15 bits per heavy atom. The molecule has 0 aliphatic heterocycles. The highest BCUT2D eigenvalue weighted by Crippen LogP contribution is 2.28. The summed E-state index contributed by atoms with van der Waals surface area (Å²) >= 11 is 3.49. The van der Waals surface area contributed by atoms with E-state index in [2.05, 4.69) is 41.4 Å². The van der Waals surface area contributed by atoms with Gasteiger partial charge < -0.3 is 10.4 Å². The van der Waals surface area contributed by atoms with Gasteiger partial charge in [0.25, 0.3) is 0 Å². The van der Waals surface area contributed by atoms with Gasteiger partial charge in [0, 0.05) is 23.1 Å². The Bertz CT molecular complexity index is 1150. The van der Waals surface area contributed by atoms with Crippen molar-refractivity contribution >= 4 is 44.4 Å². The van der Waals surface area contributed by atoms with Gasteiger partial charge in [0.15, 0.2) is 11.5 Å². The van der Waals surface area contributed by atoms with E-state index in [0.29, 0.717) is 22.9 Å². The Morgan fingerprint density at radius 1 is 1.35 bits per heavy atom. The minimum Gasteiger partial charge on any atom is -0.480 e. The van der Waals surface area contributed by atoms with E-state index in [9.17, 15) is 9.90 Å². The molecule has 0 saturated carbocycles. The maximum atomic E-state index is 11.2. The van der Waals surface area contributed by atoms with E-state index in [0.717, 1.165) is 15.4 Å². The van der Waals surface area contributed by atoms with E-state index >= 15 is 0 Å². The van der Waals surface area contributed by atoms with Crippen LogP contribution < -0.4 is 5.32 Å². The Hall–Kier alpha value is -3.01. The number of fused-ring (bicyclic) bond motifs is 3. The minimum absolute atomic E-state index is 0.303. The molecule has 1 atom stereocenters. The van der Waals surface area contributed by atoms with Crippen LogP contribution in [0.3, 0.4) is 0 Å². The quantitative estimate of drug-likeness (QED) is 0.525. The van der Waals surface area contributed by atoms with Gasteiger partial charge in [-0.1, -0.05) is 6.07 Å². The van der Waals surface area contributed by atoms with Gasteiger partial charge in [0.2, 0.25) is 5.95 Å². The van der Waals surface area contributed by atoms with Crippen LogP contribution in [0.4, 0.5) is 5.95 Å². The maximum Gasteiger partial charge on any atom is 0.325 e. The molecule has 0 radical (unpaired) electrons. The van der Waals surface area contributed by atoms with Gasteiger partial charge in [0.1, 0.15) is 6.04 Å². The first-order valence-corrected chi connectivity index (χ1v) is 8.56. The van der Waals surface area contributed by atoms with Crippen molar-refractivity contribution in [3.8, 4) is 11.4 Å². The van der Waals surface area contributed by atoms with Crippen LogP contribution in [0.1, 0.15) is 6.92 Å². The molecule has 4 aromatic rings. The predicted molar refractivity (Wildman–Crippen MR) is 98.9 cm³/mol. The lowest BCUT2D eigenvalue weighted by atomic mass is 10.2. The number of rotatable bonds is 4. The molecule has 0 fully saturated rings. The van der Waals surface area contributed by atoms with Crippen LogP contribution in [0.15, 0.2) is 35.1 Å². The molecule has 4 rings (SSSR count). The molecule has 0 aliphatic carbocycles. The standard InChI is InChI=1S/C16H14BrN7O2/c1-8(15(25)26)19-16-20-12-10(4-3-5-11(12)17)14-21-13(22-24(14)16)9-6-18-23(2)7-9/h3-8H,1-2H3,(H,19,20)(H,25,26)/t8-/m1/s1. The number of halogens is 1. The molecular weight excluding hydrogens is 402 g/mol. The van der Waals surface area contributed by atoms with Gasteiger partial charge in [-0.25, -0.2) is 9.97 Å². The number of para-hydroxylation sites is 1. The molecule has 3 heterocycles. The largest absolute Gasteiger partial charge is 0.480 e. The summed E-state index contributed by atoms with van der Waals surface area (Å²) in [5.41, 5.74) is 2.01. The zero-order chi connectivity index (χ0) is 18.4. The molecule has 0 spiro atoms. The molecule has 0 unspecified atom stereocenters. The van der Waals surface area contributed by atoms with Crippen molar-refractivity contribution in [3.63, 3.8) is 0 Å². The first kappa shape index (κ1) is 16.5. The van der Waals surface area contributed by atoms with E-state index in [1.54, 1.807) is 17.8 Å². The summed E-state index contributed by atoms with van der Waals surface area (Å²) in [6.45, 7) is 1.54. The summed E-state index contributed by atoms with van der Waals surface area (Å²) in [4.78, 5) is 20.4. The first-order valence-electron chi connectivity index (χ1n) is 7.77. The normalized spacial score (nSPS) is 12.6. The molecule has 0 bridgehead atoms. The summed E-state index contributed by atoms with van der Waals surface area (Å²) in [5, 5.41) is 21.5. The molecule has 9 nitrogen and oxygen atoms in total. The number of carboxylic acids is 1. The van der Waals surface area contributed by atoms with Gasteiger partial charge in [0.05, 0.1) is 17.3 Å². The van der Waals surface area contributed by atoms with Crippen LogP contribution in [0, 0.1) is 0 Å². The van der Waals surface area contributed by atoms with Crippen molar-refractivity contribution in [2.45, 2.75) is 13.0 Å². The van der Waals surface area contributed by atoms with Crippen LogP contribution in [0.5, 0.6) is 0 Å². The number of benzene rings is 1. The minimum atomic E-state index is -0.986. The highest BCUT2D eigenvalue weighted by atomic mass is 79.9. The predicted octanol–water partition coefficient (Wildman–Crippen LogP) is 2.33. The average Bonchev–Trinajstić information content (AvgIpc) is 3.22. The second-order valence-corrected chi connectivity index (χ2v) is 6.70. The van der Waals surface area contributed by atoms with Crippen LogP contribution in [0.25, 0.3) is 27.9 Å². The lowest BCUT2D eigenvalue weighted by Crippen LogP contribution is -2.27. The van der Waals surface area contributed by atoms with Gasteiger partial charge in [-0.15, -0.1) is 5.10 Å². The second kappa shape index (κ2) is 6.06. The second-order valence-electron chi connectivity index (χ2n) is 5.85.